The summed E-state index contributed by atoms with van der Waals surface area (Å²) in [6.07, 6.45) is -0.369. The Labute approximate surface area is 137 Å². The highest BCUT2D eigenvalue weighted by Gasteiger charge is 2.31. The number of halogens is 1. The third kappa shape index (κ3) is 2.98. The van der Waals surface area contributed by atoms with Crippen LogP contribution in [0, 0.1) is 10.6 Å². The molecule has 0 saturated carbocycles. The van der Waals surface area contributed by atoms with Gasteiger partial charge in [0.25, 0.3) is 5.91 Å². The van der Waals surface area contributed by atoms with Gasteiger partial charge in [0, 0.05) is 18.0 Å². The molecule has 8 heteroatoms. The molecule has 2 heterocycles. The number of hydrogen-bond donors (Lipinski definition) is 2. The Kier molecular flexibility index (Phi) is 4.16. The Balaban J connectivity index is 1.66. The van der Waals surface area contributed by atoms with Crippen molar-refractivity contribution in [2.24, 2.45) is 0 Å². The first-order valence-electron chi connectivity index (χ1n) is 7.35. The average molecular weight is 336 g/mol. The summed E-state index contributed by atoms with van der Waals surface area (Å²) < 4.78 is 21.4. The number of H-pyrrole nitrogens is 1. The Hall–Kier alpha value is -2.22. The maximum absolute atomic E-state index is 13.6. The Morgan fingerprint density at radius 1 is 1.61 bits per heavy atom. The highest BCUT2D eigenvalue weighted by atomic mass is 32.1. The van der Waals surface area contributed by atoms with Crippen molar-refractivity contribution in [3.05, 3.63) is 40.2 Å². The normalized spacial score (nSPS) is 16.3. The van der Waals surface area contributed by atoms with Crippen LogP contribution in [0.25, 0.3) is 0 Å². The third-order valence-corrected chi connectivity index (χ3v) is 4.01. The number of benzene rings is 1. The van der Waals surface area contributed by atoms with Crippen molar-refractivity contribution in [1.29, 1.82) is 0 Å². The summed E-state index contributed by atoms with van der Waals surface area (Å²) in [5, 5.41) is 9.60. The van der Waals surface area contributed by atoms with Gasteiger partial charge in [0.05, 0.1) is 6.54 Å². The molecule has 0 unspecified atom stereocenters. The largest absolute Gasteiger partial charge is 0.477 e. The number of amides is 1. The lowest BCUT2D eigenvalue weighted by molar-refractivity contribution is -0.127. The van der Waals surface area contributed by atoms with E-state index in [0.29, 0.717) is 22.6 Å². The summed E-state index contributed by atoms with van der Waals surface area (Å²) >= 11 is 5.16. The lowest BCUT2D eigenvalue weighted by atomic mass is 10.1. The van der Waals surface area contributed by atoms with Crippen LogP contribution in [0.3, 0.4) is 0 Å². The van der Waals surface area contributed by atoms with E-state index in [1.54, 1.807) is 12.1 Å². The summed E-state index contributed by atoms with van der Waals surface area (Å²) in [4.78, 5) is 12.3. The number of aromatic amines is 1. The summed E-state index contributed by atoms with van der Waals surface area (Å²) in [7, 11) is 0. The van der Waals surface area contributed by atoms with E-state index in [4.69, 9.17) is 17.0 Å². The molecule has 0 aliphatic carbocycles. The van der Waals surface area contributed by atoms with Crippen molar-refractivity contribution in [3.63, 3.8) is 0 Å². The number of ether oxygens (including phenoxy) is 1. The van der Waals surface area contributed by atoms with Crippen LogP contribution in [0.15, 0.2) is 18.2 Å². The maximum atomic E-state index is 13.6. The average Bonchev–Trinajstić information content (AvgIpc) is 3.09. The minimum Gasteiger partial charge on any atom is -0.477 e. The molecule has 0 radical (unpaired) electrons. The van der Waals surface area contributed by atoms with Crippen molar-refractivity contribution < 1.29 is 13.9 Å². The van der Waals surface area contributed by atoms with E-state index in [1.165, 1.54) is 6.07 Å². The van der Waals surface area contributed by atoms with E-state index in [2.05, 4.69) is 15.5 Å². The van der Waals surface area contributed by atoms with Crippen molar-refractivity contribution in [3.8, 4) is 5.75 Å². The smallest absolute Gasteiger partial charge is 0.261 e. The van der Waals surface area contributed by atoms with Crippen molar-refractivity contribution >= 4 is 18.1 Å². The number of carbonyl (C=O) groups excluding carboxylic acids is 1. The summed E-state index contributed by atoms with van der Waals surface area (Å²) in [5.74, 6) is 0.0564. The van der Waals surface area contributed by atoms with E-state index in [-0.39, 0.29) is 24.2 Å². The quantitative estimate of drug-likeness (QED) is 0.840. The minimum atomic E-state index is -0.726. The molecule has 23 heavy (non-hydrogen) atoms. The molecule has 1 atom stereocenters. The zero-order valence-electron chi connectivity index (χ0n) is 12.8. The van der Waals surface area contributed by atoms with Crippen LogP contribution in [-0.4, -0.2) is 26.8 Å². The SMILES string of the molecule is CC(C)n1c(CNC(=O)[C@@H]2Cc3cccc(F)c3O2)n[nH]c1=S. The van der Waals surface area contributed by atoms with Crippen molar-refractivity contribution in [2.75, 3.05) is 0 Å². The van der Waals surface area contributed by atoms with E-state index in [9.17, 15) is 9.18 Å². The van der Waals surface area contributed by atoms with Gasteiger partial charge in [-0.05, 0) is 32.1 Å². The van der Waals surface area contributed by atoms with Crippen LogP contribution in [-0.2, 0) is 17.8 Å². The van der Waals surface area contributed by atoms with Gasteiger partial charge < -0.3 is 14.6 Å². The minimum absolute atomic E-state index is 0.134. The Bertz CT molecular complexity index is 799. The highest BCUT2D eigenvalue weighted by molar-refractivity contribution is 7.71. The molecule has 0 spiro atoms. The molecule has 3 rings (SSSR count). The number of rotatable bonds is 4. The Morgan fingerprint density at radius 3 is 3.09 bits per heavy atom. The van der Waals surface area contributed by atoms with Gasteiger partial charge in [-0.15, -0.1) is 0 Å². The van der Waals surface area contributed by atoms with Crippen molar-refractivity contribution in [1.82, 2.24) is 20.1 Å². The maximum Gasteiger partial charge on any atom is 0.261 e. The summed E-state index contributed by atoms with van der Waals surface area (Å²) in [6.45, 7) is 4.19. The third-order valence-electron chi connectivity index (χ3n) is 3.72. The molecule has 2 aromatic rings. The fourth-order valence-corrected chi connectivity index (χ4v) is 3.01. The monoisotopic (exact) mass is 336 g/mol. The van der Waals surface area contributed by atoms with Gasteiger partial charge in [-0.2, -0.15) is 5.10 Å². The topological polar surface area (TPSA) is 71.9 Å². The van der Waals surface area contributed by atoms with Crippen LogP contribution in [0.4, 0.5) is 4.39 Å². The number of hydrogen-bond acceptors (Lipinski definition) is 4. The summed E-state index contributed by atoms with van der Waals surface area (Å²) in [6, 6.07) is 4.82. The van der Waals surface area contributed by atoms with Gasteiger partial charge >= 0.3 is 0 Å². The zero-order valence-corrected chi connectivity index (χ0v) is 13.6. The molecule has 1 aromatic heterocycles. The van der Waals surface area contributed by atoms with E-state index in [0.717, 1.165) is 0 Å². The van der Waals surface area contributed by atoms with Crippen LogP contribution >= 0.6 is 12.2 Å². The van der Waals surface area contributed by atoms with Gasteiger partial charge in [-0.25, -0.2) is 4.39 Å². The first-order chi connectivity index (χ1) is 11.0. The number of para-hydroxylation sites is 1. The number of aromatic nitrogens is 3. The second-order valence-corrected chi connectivity index (χ2v) is 6.05. The molecule has 0 saturated heterocycles. The first-order valence-corrected chi connectivity index (χ1v) is 7.75. The molecular weight excluding hydrogens is 319 g/mol. The Morgan fingerprint density at radius 2 is 2.39 bits per heavy atom. The molecule has 1 aromatic carbocycles. The number of nitrogens with one attached hydrogen (secondary N) is 2. The lowest BCUT2D eigenvalue weighted by Gasteiger charge is -2.13. The number of nitrogens with zero attached hydrogens (tertiary/aromatic N) is 2. The van der Waals surface area contributed by atoms with E-state index >= 15 is 0 Å². The molecule has 6 nitrogen and oxygen atoms in total. The van der Waals surface area contributed by atoms with Gasteiger partial charge in [-0.3, -0.25) is 9.89 Å². The van der Waals surface area contributed by atoms with E-state index < -0.39 is 11.9 Å². The van der Waals surface area contributed by atoms with Crippen LogP contribution < -0.4 is 10.1 Å². The van der Waals surface area contributed by atoms with Crippen LogP contribution in [0.1, 0.15) is 31.3 Å². The fraction of sp³-hybridized carbons (Fsp3) is 0.400. The molecule has 1 aliphatic rings. The predicted octanol–water partition coefficient (Wildman–Crippen LogP) is 2.28. The van der Waals surface area contributed by atoms with Gasteiger partial charge in [-0.1, -0.05) is 12.1 Å². The molecule has 0 bridgehead atoms. The molecule has 2 N–H and O–H groups in total. The molecule has 1 aliphatic heterocycles. The molecule has 122 valence electrons. The standard InChI is InChI=1S/C15H17FN4O2S/c1-8(2)20-12(18-19-15(20)23)7-17-14(21)11-6-9-4-3-5-10(16)13(9)22-11/h3-5,8,11H,6-7H2,1-2H3,(H,17,21)(H,19,23)/t11-/m0/s1. The van der Waals surface area contributed by atoms with Gasteiger partial charge in [0.15, 0.2) is 28.3 Å². The molecule has 1 amide bonds. The first kappa shape index (κ1) is 15.7. The van der Waals surface area contributed by atoms with E-state index in [1.807, 2.05) is 18.4 Å². The molecule has 0 fully saturated rings. The van der Waals surface area contributed by atoms with Gasteiger partial charge in [0.1, 0.15) is 0 Å². The number of fused-ring (bicyclic) bond motifs is 1. The number of carbonyl (C=O) groups is 1. The zero-order chi connectivity index (χ0) is 16.6. The van der Waals surface area contributed by atoms with Crippen LogP contribution in [0.2, 0.25) is 0 Å². The van der Waals surface area contributed by atoms with Gasteiger partial charge in [0.2, 0.25) is 0 Å². The summed E-state index contributed by atoms with van der Waals surface area (Å²) in [5.41, 5.74) is 0.704. The van der Waals surface area contributed by atoms with Crippen molar-refractivity contribution in [2.45, 2.75) is 39.0 Å². The highest BCUT2D eigenvalue weighted by Crippen LogP contribution is 2.31. The fourth-order valence-electron chi connectivity index (χ4n) is 2.65. The lowest BCUT2D eigenvalue weighted by Crippen LogP contribution is -2.37. The predicted molar refractivity (Wildman–Crippen MR) is 84.2 cm³/mol. The second kappa shape index (κ2) is 6.11. The van der Waals surface area contributed by atoms with Crippen LogP contribution in [0.5, 0.6) is 5.75 Å². The second-order valence-electron chi connectivity index (χ2n) is 5.67. The molecular formula is C15H17FN4O2S.